The Morgan fingerprint density at radius 1 is 1.06 bits per heavy atom. The van der Waals surface area contributed by atoms with Crippen molar-refractivity contribution in [3.63, 3.8) is 0 Å². The van der Waals surface area contributed by atoms with Crippen molar-refractivity contribution in [2.24, 2.45) is 0 Å². The van der Waals surface area contributed by atoms with Crippen molar-refractivity contribution in [2.45, 2.75) is 37.4 Å². The molecule has 16 heavy (non-hydrogen) atoms. The van der Waals surface area contributed by atoms with Crippen molar-refractivity contribution in [3.8, 4) is 0 Å². The number of unbranched alkanes of at least 4 members (excludes halogenated alkanes) is 2. The fraction of sp³-hybridized carbons (Fsp3) is 1.00. The summed E-state index contributed by atoms with van der Waals surface area (Å²) in [6.07, 6.45) is 6.26. The van der Waals surface area contributed by atoms with Crippen molar-refractivity contribution in [3.05, 3.63) is 0 Å². The van der Waals surface area contributed by atoms with Gasteiger partial charge in [-0.3, -0.25) is 5.32 Å². The van der Waals surface area contributed by atoms with E-state index >= 15 is 0 Å². The van der Waals surface area contributed by atoms with E-state index in [4.69, 9.17) is 5.11 Å². The molecule has 1 unspecified atom stereocenters. The van der Waals surface area contributed by atoms with Gasteiger partial charge in [-0.2, -0.15) is 0 Å². The Kier molecular flexibility index (Phi) is 11.0. The summed E-state index contributed by atoms with van der Waals surface area (Å²) in [6, 6.07) is 0. The van der Waals surface area contributed by atoms with E-state index in [-0.39, 0.29) is 0 Å². The molecule has 0 aromatic carbocycles. The van der Waals surface area contributed by atoms with E-state index in [1.54, 1.807) is 0 Å². The third-order valence-electron chi connectivity index (χ3n) is 2.32. The fourth-order valence-electron chi connectivity index (χ4n) is 1.43. The van der Waals surface area contributed by atoms with Crippen LogP contribution in [0.4, 0.5) is 0 Å². The van der Waals surface area contributed by atoms with Crippen LogP contribution in [0.2, 0.25) is 0 Å². The summed E-state index contributed by atoms with van der Waals surface area (Å²) < 4.78 is 0. The largest absolute Gasteiger partial charge is 0.396 e. The zero-order valence-electron chi connectivity index (χ0n) is 9.52. The summed E-state index contributed by atoms with van der Waals surface area (Å²) in [5, 5.41) is 12.6. The van der Waals surface area contributed by atoms with Crippen LogP contribution >= 0.6 is 43.2 Å². The lowest BCUT2D eigenvalue weighted by molar-refractivity contribution is 0.282. The van der Waals surface area contributed by atoms with Crippen LogP contribution in [-0.2, 0) is 0 Å². The van der Waals surface area contributed by atoms with Gasteiger partial charge in [0.15, 0.2) is 0 Å². The number of aliphatic hydroxyl groups is 1. The van der Waals surface area contributed by atoms with Gasteiger partial charge in [-0.15, -0.1) is 0 Å². The Balaban J connectivity index is 0.000000212. The normalized spacial score (nSPS) is 24.2. The summed E-state index contributed by atoms with van der Waals surface area (Å²) in [4.78, 5) is 0. The number of nitrogens with one attached hydrogen (secondary N) is 1. The summed E-state index contributed by atoms with van der Waals surface area (Å²) in [5.74, 6) is 3.60. The quantitative estimate of drug-likeness (QED) is 0.596. The molecule has 2 heterocycles. The van der Waals surface area contributed by atoms with Crippen LogP contribution < -0.4 is 5.32 Å². The Morgan fingerprint density at radius 2 is 1.88 bits per heavy atom. The highest BCUT2D eigenvalue weighted by Crippen LogP contribution is 2.39. The third-order valence-corrected chi connectivity index (χ3v) is 7.34. The second-order valence-electron chi connectivity index (χ2n) is 3.68. The number of rotatable bonds is 5. The van der Waals surface area contributed by atoms with Crippen LogP contribution in [0, 0.1) is 0 Å². The topological polar surface area (TPSA) is 32.3 Å². The molecule has 2 aliphatic rings. The number of hydrogen-bond acceptors (Lipinski definition) is 6. The average molecular weight is 300 g/mol. The van der Waals surface area contributed by atoms with Crippen molar-refractivity contribution < 1.29 is 5.11 Å². The zero-order chi connectivity index (χ0) is 11.5. The molecule has 2 aliphatic heterocycles. The van der Waals surface area contributed by atoms with E-state index < -0.39 is 0 Å². The van der Waals surface area contributed by atoms with Crippen molar-refractivity contribution in [1.29, 1.82) is 0 Å². The molecule has 0 bridgehead atoms. The van der Waals surface area contributed by atoms with E-state index in [0.29, 0.717) is 6.61 Å². The van der Waals surface area contributed by atoms with E-state index in [2.05, 4.69) is 16.1 Å². The first-order valence-corrected chi connectivity index (χ1v) is 10.6. The van der Waals surface area contributed by atoms with E-state index in [0.717, 1.165) is 23.4 Å². The van der Waals surface area contributed by atoms with Gasteiger partial charge in [0.25, 0.3) is 0 Å². The molecule has 6 heteroatoms. The summed E-state index contributed by atoms with van der Waals surface area (Å²) in [7, 11) is 7.83. The van der Waals surface area contributed by atoms with Crippen molar-refractivity contribution in [1.82, 2.24) is 5.32 Å². The first kappa shape index (κ1) is 15.4. The molecule has 1 atom stereocenters. The van der Waals surface area contributed by atoms with E-state index in [1.165, 1.54) is 31.4 Å². The minimum Gasteiger partial charge on any atom is -0.396 e. The lowest BCUT2D eigenvalue weighted by Crippen LogP contribution is -2.01. The van der Waals surface area contributed by atoms with Gasteiger partial charge in [-0.05, 0) is 19.3 Å². The second-order valence-corrected chi connectivity index (χ2v) is 8.93. The molecule has 2 rings (SSSR count). The monoisotopic (exact) mass is 299 g/mol. The molecule has 0 saturated carbocycles. The maximum atomic E-state index is 8.55. The SMILES string of the molecule is C1NCSS1.OCCCCCC1CCSS1. The summed E-state index contributed by atoms with van der Waals surface area (Å²) in [6.45, 7) is 0.368. The predicted molar refractivity (Wildman–Crippen MR) is 82.1 cm³/mol. The molecule has 0 radical (unpaired) electrons. The highest BCUT2D eigenvalue weighted by Gasteiger charge is 2.15. The molecular weight excluding hydrogens is 278 g/mol. The van der Waals surface area contributed by atoms with Crippen LogP contribution in [0.5, 0.6) is 0 Å². The summed E-state index contributed by atoms with van der Waals surface area (Å²) >= 11 is 0. The highest BCUT2D eigenvalue weighted by atomic mass is 33.1. The Morgan fingerprint density at radius 3 is 2.38 bits per heavy atom. The Labute approximate surface area is 115 Å². The molecule has 2 N–H and O–H groups in total. The van der Waals surface area contributed by atoms with Crippen LogP contribution in [0.15, 0.2) is 0 Å². The van der Waals surface area contributed by atoms with E-state index in [1.807, 2.05) is 32.4 Å². The minimum atomic E-state index is 0.368. The van der Waals surface area contributed by atoms with Crippen LogP contribution in [-0.4, -0.2) is 34.5 Å². The standard InChI is InChI=1S/C8H16OS2.C2H5NS2/c9-6-3-1-2-4-8-5-7-10-11-8;1-3-2-5-4-1/h8-9H,1-7H2;3H,1-2H2. The minimum absolute atomic E-state index is 0.368. The Hall–Kier alpha value is 1.32. The molecule has 0 aromatic heterocycles. The van der Waals surface area contributed by atoms with Crippen molar-refractivity contribution in [2.75, 3.05) is 24.1 Å². The van der Waals surface area contributed by atoms with Crippen LogP contribution in [0.3, 0.4) is 0 Å². The second kappa shape index (κ2) is 11.4. The molecule has 2 saturated heterocycles. The first-order valence-electron chi connectivity index (χ1n) is 5.77. The lowest BCUT2D eigenvalue weighted by atomic mass is 10.1. The van der Waals surface area contributed by atoms with Gasteiger partial charge in [0.2, 0.25) is 0 Å². The molecule has 0 aromatic rings. The molecule has 0 aliphatic carbocycles. The average Bonchev–Trinajstić information content (AvgIpc) is 2.99. The number of hydrogen-bond donors (Lipinski definition) is 2. The maximum Gasteiger partial charge on any atom is 0.0530 e. The molecule has 0 amide bonds. The smallest absolute Gasteiger partial charge is 0.0530 e. The maximum absolute atomic E-state index is 8.55. The molecule has 2 nitrogen and oxygen atoms in total. The fourth-order valence-corrected chi connectivity index (χ4v) is 6.13. The highest BCUT2D eigenvalue weighted by molar-refractivity contribution is 8.77. The van der Waals surface area contributed by atoms with Gasteiger partial charge >= 0.3 is 0 Å². The number of aliphatic hydroxyl groups excluding tert-OH is 1. The Bertz CT molecular complexity index is 144. The third kappa shape index (κ3) is 8.42. The molecule has 2 fully saturated rings. The molecule has 96 valence electrons. The van der Waals surface area contributed by atoms with Crippen LogP contribution in [0.25, 0.3) is 0 Å². The van der Waals surface area contributed by atoms with Gasteiger partial charge in [0, 0.05) is 17.6 Å². The molecule has 0 spiro atoms. The van der Waals surface area contributed by atoms with Crippen molar-refractivity contribution >= 4 is 43.2 Å². The lowest BCUT2D eigenvalue weighted by Gasteiger charge is -2.05. The van der Waals surface area contributed by atoms with Gasteiger partial charge in [0.1, 0.15) is 0 Å². The van der Waals surface area contributed by atoms with E-state index in [9.17, 15) is 0 Å². The summed E-state index contributed by atoms with van der Waals surface area (Å²) in [5.41, 5.74) is 0. The molecular formula is C10H21NOS4. The van der Waals surface area contributed by atoms with Crippen LogP contribution in [0.1, 0.15) is 32.1 Å². The van der Waals surface area contributed by atoms with Gasteiger partial charge in [-0.25, -0.2) is 0 Å². The van der Waals surface area contributed by atoms with Gasteiger partial charge in [-0.1, -0.05) is 56.0 Å². The van der Waals surface area contributed by atoms with Gasteiger partial charge < -0.3 is 5.11 Å². The zero-order valence-corrected chi connectivity index (χ0v) is 12.8. The first-order chi connectivity index (χ1) is 7.93. The van der Waals surface area contributed by atoms with Gasteiger partial charge in [0.05, 0.1) is 11.8 Å². The predicted octanol–water partition coefficient (Wildman–Crippen LogP) is 3.58.